The molecule has 1 aliphatic rings. The van der Waals surface area contributed by atoms with Gasteiger partial charge in [-0.2, -0.15) is 0 Å². The van der Waals surface area contributed by atoms with Crippen LogP contribution < -0.4 is 0 Å². The van der Waals surface area contributed by atoms with Gasteiger partial charge in [0.05, 0.1) is 16.3 Å². The van der Waals surface area contributed by atoms with Crippen LogP contribution in [-0.4, -0.2) is 33.7 Å². The monoisotopic (exact) mass is 226 g/mol. The number of aliphatic hydroxyl groups is 1. The number of aromatic nitrogens is 1. The average Bonchev–Trinajstić information content (AvgIpc) is 2.49. The Labute approximate surface area is 94.8 Å². The van der Waals surface area contributed by atoms with Crippen LogP contribution >= 0.6 is 11.3 Å². The molecule has 0 amide bonds. The lowest BCUT2D eigenvalue weighted by molar-refractivity contribution is -0.107. The van der Waals surface area contributed by atoms with Crippen LogP contribution in [0.5, 0.6) is 0 Å². The quantitative estimate of drug-likeness (QED) is 0.850. The normalized spacial score (nSPS) is 20.2. The smallest absolute Gasteiger partial charge is 0.0900 e. The summed E-state index contributed by atoms with van der Waals surface area (Å²) in [6.45, 7) is 6.63. The molecule has 3 nitrogen and oxygen atoms in total. The highest BCUT2D eigenvalue weighted by molar-refractivity contribution is 7.09. The van der Waals surface area contributed by atoms with Gasteiger partial charge in [-0.1, -0.05) is 13.3 Å². The fraction of sp³-hybridized carbons (Fsp3) is 0.727. The van der Waals surface area contributed by atoms with Crippen molar-refractivity contribution in [3.05, 3.63) is 16.1 Å². The maximum atomic E-state index is 10.0. The van der Waals surface area contributed by atoms with Crippen molar-refractivity contribution in [1.82, 2.24) is 9.88 Å². The Morgan fingerprint density at radius 3 is 2.87 bits per heavy atom. The summed E-state index contributed by atoms with van der Waals surface area (Å²) < 4.78 is 0. The van der Waals surface area contributed by atoms with Gasteiger partial charge in [-0.05, 0) is 13.3 Å². The standard InChI is InChI=1S/C11H18N2OS/c1-3-4-11(14)7-13(8-11)5-10-6-15-9(2)12-10/h6,14H,3-5,7-8H2,1-2H3. The van der Waals surface area contributed by atoms with Crippen molar-refractivity contribution in [1.29, 1.82) is 0 Å². The molecule has 0 spiro atoms. The first-order valence-electron chi connectivity index (χ1n) is 5.47. The Hall–Kier alpha value is -0.450. The molecule has 1 fully saturated rings. The maximum absolute atomic E-state index is 10.0. The minimum absolute atomic E-state index is 0.417. The molecule has 2 rings (SSSR count). The third-order valence-electron chi connectivity index (χ3n) is 2.80. The Morgan fingerprint density at radius 2 is 2.33 bits per heavy atom. The van der Waals surface area contributed by atoms with Gasteiger partial charge in [-0.15, -0.1) is 11.3 Å². The molecule has 1 aromatic heterocycles. The number of β-amino-alcohol motifs (C(OH)–C–C–N with tert-alkyl or cyclic N) is 1. The first kappa shape index (κ1) is 11.0. The predicted molar refractivity (Wildman–Crippen MR) is 62.0 cm³/mol. The zero-order valence-corrected chi connectivity index (χ0v) is 10.2. The van der Waals surface area contributed by atoms with Gasteiger partial charge >= 0.3 is 0 Å². The van der Waals surface area contributed by atoms with E-state index in [2.05, 4.69) is 22.2 Å². The molecule has 1 saturated heterocycles. The van der Waals surface area contributed by atoms with E-state index in [0.717, 1.165) is 43.2 Å². The zero-order chi connectivity index (χ0) is 10.9. The highest BCUT2D eigenvalue weighted by Gasteiger charge is 2.39. The lowest BCUT2D eigenvalue weighted by Gasteiger charge is -2.46. The van der Waals surface area contributed by atoms with Crippen LogP contribution in [0.4, 0.5) is 0 Å². The molecular formula is C11H18N2OS. The van der Waals surface area contributed by atoms with Gasteiger partial charge < -0.3 is 5.11 Å². The lowest BCUT2D eigenvalue weighted by Crippen LogP contribution is -2.60. The van der Waals surface area contributed by atoms with Crippen LogP contribution in [0.1, 0.15) is 30.5 Å². The van der Waals surface area contributed by atoms with E-state index in [1.165, 1.54) is 0 Å². The van der Waals surface area contributed by atoms with Crippen LogP contribution in [0.2, 0.25) is 0 Å². The van der Waals surface area contributed by atoms with Gasteiger partial charge in [0.25, 0.3) is 0 Å². The van der Waals surface area contributed by atoms with E-state index >= 15 is 0 Å². The van der Waals surface area contributed by atoms with Crippen LogP contribution in [0.3, 0.4) is 0 Å². The van der Waals surface area contributed by atoms with Gasteiger partial charge in [0.2, 0.25) is 0 Å². The second kappa shape index (κ2) is 4.20. The highest BCUT2D eigenvalue weighted by atomic mass is 32.1. The van der Waals surface area contributed by atoms with Crippen molar-refractivity contribution in [3.8, 4) is 0 Å². The van der Waals surface area contributed by atoms with Gasteiger partial charge in [0.1, 0.15) is 0 Å². The van der Waals surface area contributed by atoms with Crippen LogP contribution in [0.15, 0.2) is 5.38 Å². The fourth-order valence-corrected chi connectivity index (χ4v) is 2.84. The molecule has 0 radical (unpaired) electrons. The number of rotatable bonds is 4. The molecule has 0 unspecified atom stereocenters. The molecule has 0 saturated carbocycles. The molecule has 15 heavy (non-hydrogen) atoms. The van der Waals surface area contributed by atoms with Crippen molar-refractivity contribution in [2.45, 2.75) is 38.8 Å². The van der Waals surface area contributed by atoms with Gasteiger partial charge in [-0.3, -0.25) is 4.90 Å². The first-order chi connectivity index (χ1) is 7.11. The largest absolute Gasteiger partial charge is 0.387 e. The molecule has 1 aromatic rings. The predicted octanol–water partition coefficient (Wildman–Crippen LogP) is 1.80. The van der Waals surface area contributed by atoms with E-state index in [1.54, 1.807) is 11.3 Å². The van der Waals surface area contributed by atoms with Gasteiger partial charge in [0, 0.05) is 25.0 Å². The maximum Gasteiger partial charge on any atom is 0.0900 e. The molecule has 4 heteroatoms. The van der Waals surface area contributed by atoms with Crippen LogP contribution in [0, 0.1) is 6.92 Å². The number of nitrogens with zero attached hydrogens (tertiary/aromatic N) is 2. The fourth-order valence-electron chi connectivity index (χ4n) is 2.23. The summed E-state index contributed by atoms with van der Waals surface area (Å²) in [4.78, 5) is 6.68. The number of hydrogen-bond acceptors (Lipinski definition) is 4. The van der Waals surface area contributed by atoms with E-state index in [-0.39, 0.29) is 0 Å². The highest BCUT2D eigenvalue weighted by Crippen LogP contribution is 2.27. The summed E-state index contributed by atoms with van der Waals surface area (Å²) in [5.41, 5.74) is 0.718. The summed E-state index contributed by atoms with van der Waals surface area (Å²) in [5, 5.41) is 13.2. The van der Waals surface area contributed by atoms with Crippen molar-refractivity contribution < 1.29 is 5.11 Å². The molecule has 0 atom stereocenters. The number of hydrogen-bond donors (Lipinski definition) is 1. The first-order valence-corrected chi connectivity index (χ1v) is 6.35. The molecule has 84 valence electrons. The Kier molecular flexibility index (Phi) is 3.09. The Bertz CT molecular complexity index is 331. The molecular weight excluding hydrogens is 208 g/mol. The minimum Gasteiger partial charge on any atom is -0.387 e. The number of thiazole rings is 1. The van der Waals surface area contributed by atoms with E-state index in [4.69, 9.17) is 0 Å². The third-order valence-corrected chi connectivity index (χ3v) is 3.63. The SMILES string of the molecule is CCCC1(O)CN(Cc2csc(C)n2)C1. The van der Waals surface area contributed by atoms with E-state index < -0.39 is 5.60 Å². The van der Waals surface area contributed by atoms with Crippen LogP contribution in [0.25, 0.3) is 0 Å². The molecule has 0 bridgehead atoms. The van der Waals surface area contributed by atoms with Gasteiger partial charge in [0.15, 0.2) is 0 Å². The Morgan fingerprint density at radius 1 is 1.60 bits per heavy atom. The van der Waals surface area contributed by atoms with E-state index in [9.17, 15) is 5.11 Å². The summed E-state index contributed by atoms with van der Waals surface area (Å²) >= 11 is 1.69. The molecule has 2 heterocycles. The Balaban J connectivity index is 1.80. The third kappa shape index (κ3) is 2.56. The summed E-state index contributed by atoms with van der Waals surface area (Å²) in [6.07, 6.45) is 1.97. The number of likely N-dealkylation sites (tertiary alicyclic amines) is 1. The topological polar surface area (TPSA) is 36.4 Å². The summed E-state index contributed by atoms with van der Waals surface area (Å²) in [5.74, 6) is 0. The summed E-state index contributed by atoms with van der Waals surface area (Å²) in [7, 11) is 0. The van der Waals surface area contributed by atoms with Crippen molar-refractivity contribution >= 4 is 11.3 Å². The van der Waals surface area contributed by atoms with Crippen molar-refractivity contribution in [3.63, 3.8) is 0 Å². The van der Waals surface area contributed by atoms with Crippen LogP contribution in [-0.2, 0) is 6.54 Å². The van der Waals surface area contributed by atoms with E-state index in [1.807, 2.05) is 6.92 Å². The molecule has 1 N–H and O–H groups in total. The summed E-state index contributed by atoms with van der Waals surface area (Å²) in [6, 6.07) is 0. The zero-order valence-electron chi connectivity index (χ0n) is 9.36. The molecule has 0 aromatic carbocycles. The average molecular weight is 226 g/mol. The number of aryl methyl sites for hydroxylation is 1. The molecule has 1 aliphatic heterocycles. The molecule has 0 aliphatic carbocycles. The van der Waals surface area contributed by atoms with Crippen molar-refractivity contribution in [2.75, 3.05) is 13.1 Å². The second-order valence-electron chi connectivity index (χ2n) is 4.48. The lowest BCUT2D eigenvalue weighted by atomic mass is 9.89. The second-order valence-corrected chi connectivity index (χ2v) is 5.54. The van der Waals surface area contributed by atoms with E-state index in [0.29, 0.717) is 0 Å². The van der Waals surface area contributed by atoms with Gasteiger partial charge in [-0.25, -0.2) is 4.98 Å². The van der Waals surface area contributed by atoms with Crippen molar-refractivity contribution in [2.24, 2.45) is 0 Å². The minimum atomic E-state index is -0.417.